The van der Waals surface area contributed by atoms with Gasteiger partial charge in [0.1, 0.15) is 11.6 Å². The maximum absolute atomic E-state index is 10.2. The van der Waals surface area contributed by atoms with Crippen LogP contribution in [0.25, 0.3) is 0 Å². The summed E-state index contributed by atoms with van der Waals surface area (Å²) in [6.07, 6.45) is 4.34. The summed E-state index contributed by atoms with van der Waals surface area (Å²) in [5, 5.41) is 5.77. The van der Waals surface area contributed by atoms with E-state index in [9.17, 15) is 4.79 Å². The van der Waals surface area contributed by atoms with E-state index in [1.54, 1.807) is 6.20 Å². The van der Waals surface area contributed by atoms with Crippen molar-refractivity contribution >= 4 is 12.2 Å². The van der Waals surface area contributed by atoms with E-state index in [0.29, 0.717) is 12.0 Å². The first-order valence-corrected chi connectivity index (χ1v) is 5.95. The van der Waals surface area contributed by atoms with E-state index >= 15 is 0 Å². The van der Waals surface area contributed by atoms with Crippen LogP contribution in [0.1, 0.15) is 24.2 Å². The van der Waals surface area contributed by atoms with Gasteiger partial charge in [-0.2, -0.15) is 0 Å². The second-order valence-corrected chi connectivity index (χ2v) is 4.35. The topological polar surface area (TPSA) is 66.9 Å². The Balaban J connectivity index is 2.01. The molecular weight excluding hydrogens is 228 g/mol. The van der Waals surface area contributed by atoms with E-state index < -0.39 is 0 Å². The third-order valence-corrected chi connectivity index (χ3v) is 3.00. The molecule has 1 aliphatic carbocycles. The Labute approximate surface area is 106 Å². The number of hydrogen-bond acceptors (Lipinski definition) is 4. The number of aromatic nitrogens is 2. The zero-order valence-corrected chi connectivity index (χ0v) is 10.5. The molecule has 0 radical (unpaired) electrons. The summed E-state index contributed by atoms with van der Waals surface area (Å²) in [5.41, 5.74) is 0.815. The SMILES string of the molecule is CNc1nc(C)ncc1C#CC1CC(NC=O)C1. The molecule has 1 fully saturated rings. The first kappa shape index (κ1) is 12.4. The highest BCUT2D eigenvalue weighted by Crippen LogP contribution is 2.26. The van der Waals surface area contributed by atoms with Gasteiger partial charge in [0, 0.05) is 25.2 Å². The van der Waals surface area contributed by atoms with Crippen molar-refractivity contribution in [1.82, 2.24) is 15.3 Å². The molecule has 18 heavy (non-hydrogen) atoms. The average molecular weight is 244 g/mol. The smallest absolute Gasteiger partial charge is 0.207 e. The summed E-state index contributed by atoms with van der Waals surface area (Å²) in [6, 6.07) is 0.292. The van der Waals surface area contributed by atoms with E-state index in [2.05, 4.69) is 32.4 Å². The number of rotatable bonds is 3. The molecule has 5 heteroatoms. The maximum Gasteiger partial charge on any atom is 0.207 e. The van der Waals surface area contributed by atoms with Crippen LogP contribution in [0.5, 0.6) is 0 Å². The van der Waals surface area contributed by atoms with Gasteiger partial charge in [-0.1, -0.05) is 11.8 Å². The molecule has 0 spiro atoms. The first-order chi connectivity index (χ1) is 8.72. The predicted molar refractivity (Wildman–Crippen MR) is 68.9 cm³/mol. The number of nitrogens with zero attached hydrogens (tertiary/aromatic N) is 2. The molecule has 1 amide bonds. The van der Waals surface area contributed by atoms with E-state index in [1.807, 2.05) is 14.0 Å². The molecule has 0 unspecified atom stereocenters. The van der Waals surface area contributed by atoms with Crippen LogP contribution >= 0.6 is 0 Å². The number of carbonyl (C=O) groups is 1. The van der Waals surface area contributed by atoms with Crippen LogP contribution < -0.4 is 10.6 Å². The molecule has 5 nitrogen and oxygen atoms in total. The largest absolute Gasteiger partial charge is 0.372 e. The number of anilines is 1. The van der Waals surface area contributed by atoms with Gasteiger partial charge >= 0.3 is 0 Å². The Bertz CT molecular complexity index is 497. The van der Waals surface area contributed by atoms with Gasteiger partial charge in [-0.25, -0.2) is 9.97 Å². The molecule has 1 aliphatic rings. The van der Waals surface area contributed by atoms with Gasteiger partial charge in [0.2, 0.25) is 6.41 Å². The van der Waals surface area contributed by atoms with E-state index in [-0.39, 0.29) is 0 Å². The zero-order chi connectivity index (χ0) is 13.0. The zero-order valence-electron chi connectivity index (χ0n) is 10.5. The van der Waals surface area contributed by atoms with Crippen LogP contribution in [-0.2, 0) is 4.79 Å². The monoisotopic (exact) mass is 244 g/mol. The van der Waals surface area contributed by atoms with Crippen molar-refractivity contribution in [1.29, 1.82) is 0 Å². The van der Waals surface area contributed by atoms with Gasteiger partial charge in [-0.05, 0) is 19.8 Å². The first-order valence-electron chi connectivity index (χ1n) is 5.95. The summed E-state index contributed by atoms with van der Waals surface area (Å²) >= 11 is 0. The van der Waals surface area contributed by atoms with Crippen LogP contribution in [-0.4, -0.2) is 29.5 Å². The molecular formula is C13H16N4O. The predicted octanol–water partition coefficient (Wildman–Crippen LogP) is 0.703. The fraction of sp³-hybridized carbons (Fsp3) is 0.462. The highest BCUT2D eigenvalue weighted by molar-refractivity contribution is 5.52. The van der Waals surface area contributed by atoms with Gasteiger partial charge in [0.25, 0.3) is 0 Å². The Morgan fingerprint density at radius 3 is 2.94 bits per heavy atom. The molecule has 1 aromatic rings. The normalized spacial score (nSPS) is 21.2. The molecule has 1 heterocycles. The molecule has 0 aromatic carbocycles. The lowest BCUT2D eigenvalue weighted by Crippen LogP contribution is -2.39. The van der Waals surface area contributed by atoms with E-state index in [1.165, 1.54) is 0 Å². The Kier molecular flexibility index (Phi) is 3.78. The Morgan fingerprint density at radius 1 is 1.50 bits per heavy atom. The van der Waals surface area contributed by atoms with Crippen molar-refractivity contribution < 1.29 is 4.79 Å². The molecule has 0 aliphatic heterocycles. The minimum absolute atomic E-state index is 0.292. The van der Waals surface area contributed by atoms with Crippen molar-refractivity contribution in [3.05, 3.63) is 17.6 Å². The summed E-state index contributed by atoms with van der Waals surface area (Å²) in [6.45, 7) is 1.85. The van der Waals surface area contributed by atoms with Crippen molar-refractivity contribution in [3.8, 4) is 11.8 Å². The van der Waals surface area contributed by atoms with Crippen molar-refractivity contribution in [2.75, 3.05) is 12.4 Å². The number of hydrogen-bond donors (Lipinski definition) is 2. The fourth-order valence-corrected chi connectivity index (χ4v) is 1.90. The van der Waals surface area contributed by atoms with Crippen LogP contribution in [0.2, 0.25) is 0 Å². The molecule has 94 valence electrons. The molecule has 2 N–H and O–H groups in total. The molecule has 1 saturated carbocycles. The van der Waals surface area contributed by atoms with Crippen LogP contribution in [0.3, 0.4) is 0 Å². The average Bonchev–Trinajstić information content (AvgIpc) is 2.33. The summed E-state index contributed by atoms with van der Waals surface area (Å²) in [7, 11) is 1.82. The lowest BCUT2D eigenvalue weighted by molar-refractivity contribution is -0.110. The third kappa shape index (κ3) is 2.77. The van der Waals surface area contributed by atoms with E-state index in [0.717, 1.165) is 36.5 Å². The standard InChI is InChI=1S/C13H16N4O/c1-9-15-7-11(13(14-2)17-9)4-3-10-5-12(6-10)16-8-18/h7-8,10,12H,5-6H2,1-2H3,(H,16,18)(H,14,15,17). The number of nitrogens with one attached hydrogen (secondary N) is 2. The summed E-state index contributed by atoms with van der Waals surface area (Å²) < 4.78 is 0. The highest BCUT2D eigenvalue weighted by atomic mass is 16.1. The minimum atomic E-state index is 0.292. The van der Waals surface area contributed by atoms with Crippen molar-refractivity contribution in [3.63, 3.8) is 0 Å². The van der Waals surface area contributed by atoms with Crippen LogP contribution in [0, 0.1) is 24.7 Å². The second-order valence-electron chi connectivity index (χ2n) is 4.35. The van der Waals surface area contributed by atoms with Crippen LogP contribution in [0.4, 0.5) is 5.82 Å². The van der Waals surface area contributed by atoms with Gasteiger partial charge in [0.05, 0.1) is 5.56 Å². The highest BCUT2D eigenvalue weighted by Gasteiger charge is 2.26. The Hall–Kier alpha value is -2.09. The van der Waals surface area contributed by atoms with Crippen molar-refractivity contribution in [2.45, 2.75) is 25.8 Å². The summed E-state index contributed by atoms with van der Waals surface area (Å²) in [4.78, 5) is 18.7. The maximum atomic E-state index is 10.2. The van der Waals surface area contributed by atoms with Gasteiger partial charge in [0.15, 0.2) is 0 Å². The lowest BCUT2D eigenvalue weighted by atomic mass is 9.81. The fourth-order valence-electron chi connectivity index (χ4n) is 1.90. The van der Waals surface area contributed by atoms with Gasteiger partial charge in [-0.3, -0.25) is 4.79 Å². The minimum Gasteiger partial charge on any atom is -0.372 e. The van der Waals surface area contributed by atoms with Gasteiger partial charge in [-0.15, -0.1) is 0 Å². The molecule has 0 saturated heterocycles. The molecule has 0 atom stereocenters. The third-order valence-electron chi connectivity index (χ3n) is 3.00. The quantitative estimate of drug-likeness (QED) is 0.607. The van der Waals surface area contributed by atoms with Crippen molar-refractivity contribution in [2.24, 2.45) is 5.92 Å². The number of amides is 1. The number of aryl methyl sites for hydroxylation is 1. The van der Waals surface area contributed by atoms with Gasteiger partial charge < -0.3 is 10.6 Å². The van der Waals surface area contributed by atoms with Crippen LogP contribution in [0.15, 0.2) is 6.20 Å². The molecule has 2 rings (SSSR count). The molecule has 1 aromatic heterocycles. The Morgan fingerprint density at radius 2 is 2.28 bits per heavy atom. The lowest BCUT2D eigenvalue weighted by Gasteiger charge is -2.30. The number of carbonyl (C=O) groups excluding carboxylic acids is 1. The van der Waals surface area contributed by atoms with E-state index in [4.69, 9.17) is 0 Å². The molecule has 0 bridgehead atoms. The summed E-state index contributed by atoms with van der Waals surface area (Å²) in [5.74, 6) is 8.14. The second kappa shape index (κ2) is 5.50.